The Balaban J connectivity index is 0.00000361. The number of hydrogen-bond donors (Lipinski definition) is 3. The molecule has 1 saturated heterocycles. The van der Waals surface area contributed by atoms with Gasteiger partial charge >= 0.3 is 6.03 Å². The fourth-order valence-electron chi connectivity index (χ4n) is 1.91. The van der Waals surface area contributed by atoms with E-state index in [9.17, 15) is 9.59 Å². The molecule has 1 aliphatic heterocycles. The van der Waals surface area contributed by atoms with Gasteiger partial charge in [-0.3, -0.25) is 14.7 Å². The van der Waals surface area contributed by atoms with Crippen molar-refractivity contribution in [2.75, 3.05) is 27.2 Å². The van der Waals surface area contributed by atoms with Gasteiger partial charge in [0.25, 0.3) is 5.91 Å². The van der Waals surface area contributed by atoms with E-state index in [1.807, 2.05) is 6.92 Å². The van der Waals surface area contributed by atoms with Crippen molar-refractivity contribution in [1.29, 1.82) is 0 Å². The van der Waals surface area contributed by atoms with Crippen molar-refractivity contribution in [3.8, 4) is 0 Å². The zero-order chi connectivity index (χ0) is 14.5. The summed E-state index contributed by atoms with van der Waals surface area (Å²) in [7, 11) is 3.46. The highest BCUT2D eigenvalue weighted by Gasteiger charge is 2.45. The molecule has 1 aliphatic rings. The van der Waals surface area contributed by atoms with Crippen molar-refractivity contribution in [1.82, 2.24) is 20.9 Å². The topological polar surface area (TPSA) is 85.8 Å². The largest absolute Gasteiger partial charge is 0.359 e. The summed E-state index contributed by atoms with van der Waals surface area (Å²) in [4.78, 5) is 29.1. The maximum absolute atomic E-state index is 12.1. The van der Waals surface area contributed by atoms with E-state index in [1.54, 1.807) is 21.0 Å². The third-order valence-electron chi connectivity index (χ3n) is 3.36. The van der Waals surface area contributed by atoms with Crippen LogP contribution >= 0.6 is 24.0 Å². The normalized spacial score (nSPS) is 22.4. The van der Waals surface area contributed by atoms with Gasteiger partial charge in [0.05, 0.1) is 0 Å². The summed E-state index contributed by atoms with van der Waals surface area (Å²) in [5, 5.41) is 8.71. The van der Waals surface area contributed by atoms with Crippen molar-refractivity contribution >= 4 is 41.9 Å². The minimum Gasteiger partial charge on any atom is -0.359 e. The van der Waals surface area contributed by atoms with Crippen molar-refractivity contribution in [3.05, 3.63) is 0 Å². The summed E-state index contributed by atoms with van der Waals surface area (Å²) >= 11 is 0. The van der Waals surface area contributed by atoms with Crippen molar-refractivity contribution < 1.29 is 9.59 Å². The molecule has 116 valence electrons. The van der Waals surface area contributed by atoms with Crippen molar-refractivity contribution in [3.63, 3.8) is 0 Å². The Morgan fingerprint density at radius 2 is 2.10 bits per heavy atom. The zero-order valence-corrected chi connectivity index (χ0v) is 14.8. The maximum Gasteiger partial charge on any atom is 0.325 e. The lowest BCUT2D eigenvalue weighted by atomic mass is 9.99. The van der Waals surface area contributed by atoms with Crippen molar-refractivity contribution in [2.24, 2.45) is 4.99 Å². The quantitative estimate of drug-likeness (QED) is 0.208. The SMILES string of the molecule is CCC1(C)NC(=O)N(CCCNC(=NC)NC)C1=O.I. The lowest BCUT2D eigenvalue weighted by molar-refractivity contribution is -0.130. The van der Waals surface area contributed by atoms with Gasteiger partial charge in [0.1, 0.15) is 5.54 Å². The van der Waals surface area contributed by atoms with Crippen LogP contribution in [-0.4, -0.2) is 55.5 Å². The molecule has 0 spiro atoms. The fraction of sp³-hybridized carbons (Fsp3) is 0.750. The molecular formula is C12H24IN5O2. The number of amides is 3. The molecule has 0 aliphatic carbocycles. The predicted molar refractivity (Wildman–Crippen MR) is 89.4 cm³/mol. The third kappa shape index (κ3) is 4.22. The number of imide groups is 1. The highest BCUT2D eigenvalue weighted by molar-refractivity contribution is 14.0. The lowest BCUT2D eigenvalue weighted by Gasteiger charge is -2.19. The zero-order valence-electron chi connectivity index (χ0n) is 12.4. The lowest BCUT2D eigenvalue weighted by Crippen LogP contribution is -2.43. The number of rotatable bonds is 5. The Kier molecular flexibility index (Phi) is 7.84. The molecule has 0 aromatic carbocycles. The molecule has 8 heteroatoms. The highest BCUT2D eigenvalue weighted by Crippen LogP contribution is 2.20. The van der Waals surface area contributed by atoms with E-state index < -0.39 is 5.54 Å². The first kappa shape index (κ1) is 18.9. The summed E-state index contributed by atoms with van der Waals surface area (Å²) in [6.45, 7) is 4.70. The van der Waals surface area contributed by atoms with Crippen LogP contribution in [0.15, 0.2) is 4.99 Å². The summed E-state index contributed by atoms with van der Waals surface area (Å²) in [5.41, 5.74) is -0.745. The molecule has 1 atom stereocenters. The van der Waals surface area contributed by atoms with Gasteiger partial charge in [-0.2, -0.15) is 0 Å². The van der Waals surface area contributed by atoms with Crippen LogP contribution in [0.2, 0.25) is 0 Å². The molecule has 0 aromatic heterocycles. The molecule has 0 radical (unpaired) electrons. The molecule has 3 amide bonds. The smallest absolute Gasteiger partial charge is 0.325 e. The van der Waals surface area contributed by atoms with E-state index in [1.165, 1.54) is 4.90 Å². The van der Waals surface area contributed by atoms with E-state index in [0.717, 1.165) is 0 Å². The number of nitrogens with one attached hydrogen (secondary N) is 3. The first-order chi connectivity index (χ1) is 8.98. The molecule has 20 heavy (non-hydrogen) atoms. The van der Waals surface area contributed by atoms with E-state index in [0.29, 0.717) is 31.9 Å². The standard InChI is InChI=1S/C12H23N5O2.HI/c1-5-12(2)9(18)17(11(19)16-12)8-6-7-15-10(13-3)14-4;/h5-8H2,1-4H3,(H,16,19)(H2,13,14,15);1H. The van der Waals surface area contributed by atoms with Gasteiger partial charge in [-0.1, -0.05) is 6.92 Å². The number of nitrogens with zero attached hydrogens (tertiary/aromatic N) is 2. The average Bonchev–Trinajstić information content (AvgIpc) is 2.62. The van der Waals surface area contributed by atoms with Crippen LogP contribution in [0.25, 0.3) is 0 Å². The maximum atomic E-state index is 12.1. The van der Waals surface area contributed by atoms with E-state index in [-0.39, 0.29) is 35.9 Å². The summed E-state index contributed by atoms with van der Waals surface area (Å²) in [6.07, 6.45) is 1.28. The van der Waals surface area contributed by atoms with Crippen LogP contribution in [0.5, 0.6) is 0 Å². The number of carbonyl (C=O) groups is 2. The Morgan fingerprint density at radius 3 is 2.55 bits per heavy atom. The number of urea groups is 1. The average molecular weight is 397 g/mol. The van der Waals surface area contributed by atoms with Gasteiger partial charge in [-0.15, -0.1) is 24.0 Å². The van der Waals surface area contributed by atoms with Crippen LogP contribution in [0.1, 0.15) is 26.7 Å². The molecular weight excluding hydrogens is 373 g/mol. The van der Waals surface area contributed by atoms with E-state index >= 15 is 0 Å². The fourth-order valence-corrected chi connectivity index (χ4v) is 1.91. The summed E-state index contributed by atoms with van der Waals surface area (Å²) in [6, 6.07) is -0.299. The first-order valence-electron chi connectivity index (χ1n) is 6.51. The minimum absolute atomic E-state index is 0. The molecule has 1 rings (SSSR count). The Labute approximate surface area is 137 Å². The van der Waals surface area contributed by atoms with Crippen LogP contribution in [-0.2, 0) is 4.79 Å². The molecule has 1 fully saturated rings. The van der Waals surface area contributed by atoms with Gasteiger partial charge < -0.3 is 16.0 Å². The van der Waals surface area contributed by atoms with Crippen LogP contribution in [0.3, 0.4) is 0 Å². The molecule has 1 heterocycles. The number of hydrogen-bond acceptors (Lipinski definition) is 3. The number of carbonyl (C=O) groups excluding carboxylic acids is 2. The predicted octanol–water partition coefficient (Wildman–Crippen LogP) is 0.510. The summed E-state index contributed by atoms with van der Waals surface area (Å²) in [5.74, 6) is 0.550. The van der Waals surface area contributed by atoms with Gasteiger partial charge in [-0.05, 0) is 19.8 Å². The van der Waals surface area contributed by atoms with Gasteiger partial charge in [-0.25, -0.2) is 4.79 Å². The number of halogens is 1. The Bertz CT molecular complexity index is 388. The van der Waals surface area contributed by atoms with E-state index in [4.69, 9.17) is 0 Å². The van der Waals surface area contributed by atoms with Gasteiger partial charge in [0.15, 0.2) is 5.96 Å². The molecule has 1 unspecified atom stereocenters. The first-order valence-corrected chi connectivity index (χ1v) is 6.51. The number of aliphatic imine (C=N–C) groups is 1. The third-order valence-corrected chi connectivity index (χ3v) is 3.36. The molecule has 3 N–H and O–H groups in total. The highest BCUT2D eigenvalue weighted by atomic mass is 127. The van der Waals surface area contributed by atoms with Crippen LogP contribution in [0.4, 0.5) is 4.79 Å². The van der Waals surface area contributed by atoms with Gasteiger partial charge in [0, 0.05) is 27.2 Å². The summed E-state index contributed by atoms with van der Waals surface area (Å²) < 4.78 is 0. The van der Waals surface area contributed by atoms with E-state index in [2.05, 4.69) is 20.9 Å². The monoisotopic (exact) mass is 397 g/mol. The molecule has 0 aromatic rings. The molecule has 0 saturated carbocycles. The number of guanidine groups is 1. The second-order valence-corrected chi connectivity index (χ2v) is 4.68. The molecule has 7 nitrogen and oxygen atoms in total. The molecule has 0 bridgehead atoms. The van der Waals surface area contributed by atoms with Crippen LogP contribution in [0, 0.1) is 0 Å². The second-order valence-electron chi connectivity index (χ2n) is 4.68. The minimum atomic E-state index is -0.745. The van der Waals surface area contributed by atoms with Crippen molar-refractivity contribution in [2.45, 2.75) is 32.2 Å². The second kappa shape index (κ2) is 8.28. The Hall–Kier alpha value is -1.06. The van der Waals surface area contributed by atoms with Gasteiger partial charge in [0.2, 0.25) is 0 Å². The van der Waals surface area contributed by atoms with Crippen LogP contribution < -0.4 is 16.0 Å². The Morgan fingerprint density at radius 1 is 1.45 bits per heavy atom.